The second-order valence-corrected chi connectivity index (χ2v) is 11.2. The Morgan fingerprint density at radius 2 is 1.68 bits per heavy atom. The van der Waals surface area contributed by atoms with Crippen molar-refractivity contribution in [3.05, 3.63) is 113 Å². The number of pyridine rings is 1. The number of benzene rings is 2. The Balaban J connectivity index is 1.29. The molecule has 0 amide bonds. The molecule has 192 valence electrons. The summed E-state index contributed by atoms with van der Waals surface area (Å²) in [5.41, 5.74) is 3.27. The molecule has 3 heterocycles. The molecule has 2 fully saturated rings. The zero-order valence-electron chi connectivity index (χ0n) is 20.6. The summed E-state index contributed by atoms with van der Waals surface area (Å²) >= 11 is 7.45. The molecule has 0 unspecified atom stereocenters. The number of anilines is 1. The smallest absolute Gasteiger partial charge is 0.269 e. The molecule has 7 nitrogen and oxygen atoms in total. The van der Waals surface area contributed by atoms with Crippen LogP contribution >= 0.6 is 24.0 Å². The van der Waals surface area contributed by atoms with Gasteiger partial charge in [-0.2, -0.15) is 0 Å². The number of nitrogens with zero attached hydrogens (tertiary/aromatic N) is 4. The zero-order chi connectivity index (χ0) is 26.1. The van der Waals surface area contributed by atoms with Gasteiger partial charge in [-0.05, 0) is 85.2 Å². The molecule has 38 heavy (non-hydrogen) atoms. The van der Waals surface area contributed by atoms with E-state index in [1.807, 2.05) is 18.3 Å². The molecule has 2 aliphatic rings. The number of nitro benzene ring substituents is 1. The second kappa shape index (κ2) is 10.6. The van der Waals surface area contributed by atoms with Gasteiger partial charge in [-0.25, -0.2) is 0 Å². The Morgan fingerprint density at radius 3 is 2.34 bits per heavy atom. The third-order valence-electron chi connectivity index (χ3n) is 7.32. The number of rotatable bonds is 7. The lowest BCUT2D eigenvalue weighted by Gasteiger charge is -2.27. The normalized spacial score (nSPS) is 19.6. The summed E-state index contributed by atoms with van der Waals surface area (Å²) < 4.78 is 2.38. The van der Waals surface area contributed by atoms with Gasteiger partial charge in [0.05, 0.1) is 22.7 Å². The minimum atomic E-state index is -0.382. The van der Waals surface area contributed by atoms with Crippen LogP contribution in [-0.2, 0) is 0 Å². The van der Waals surface area contributed by atoms with Crippen molar-refractivity contribution in [2.45, 2.75) is 53.6 Å². The van der Waals surface area contributed by atoms with Gasteiger partial charge in [0.1, 0.15) is 0 Å². The Hall–Kier alpha value is -3.69. The number of aromatic nitrogens is 2. The molecule has 2 aromatic carbocycles. The minimum Gasteiger partial charge on any atom is -0.351 e. The van der Waals surface area contributed by atoms with E-state index in [1.165, 1.54) is 43.4 Å². The molecule has 6 rings (SSSR count). The number of nitrogens with one attached hydrogen (secondary N) is 1. The van der Waals surface area contributed by atoms with Crippen LogP contribution in [0.2, 0.25) is 0 Å². The lowest BCUT2D eigenvalue weighted by atomic mass is 9.98. The van der Waals surface area contributed by atoms with Crippen LogP contribution < -0.4 is 10.2 Å². The van der Waals surface area contributed by atoms with Crippen molar-refractivity contribution in [2.24, 2.45) is 0 Å². The van der Waals surface area contributed by atoms with Gasteiger partial charge in [0.25, 0.3) is 5.69 Å². The SMILES string of the molecule is O=[N+]([O-])c1ccc(Sc2ccc(N3C(=S)N[C@@H](c4ccccn4)[C@H]3c3ccn(C4CCCC4)c3)cc2)cc1. The highest BCUT2D eigenvalue weighted by Crippen LogP contribution is 2.43. The Bertz CT molecular complexity index is 1430. The fourth-order valence-corrected chi connectivity index (χ4v) is 6.62. The van der Waals surface area contributed by atoms with E-state index < -0.39 is 0 Å². The molecule has 1 saturated carbocycles. The van der Waals surface area contributed by atoms with Crippen LogP contribution in [0.3, 0.4) is 0 Å². The highest BCUT2D eigenvalue weighted by molar-refractivity contribution is 7.99. The topological polar surface area (TPSA) is 76.2 Å². The van der Waals surface area contributed by atoms with Crippen LogP contribution in [0.5, 0.6) is 0 Å². The monoisotopic (exact) mass is 541 g/mol. The summed E-state index contributed by atoms with van der Waals surface area (Å²) in [6.45, 7) is 0. The maximum Gasteiger partial charge on any atom is 0.269 e. The van der Waals surface area contributed by atoms with Gasteiger partial charge in [0.15, 0.2) is 5.11 Å². The summed E-state index contributed by atoms with van der Waals surface area (Å²) in [4.78, 5) is 19.4. The lowest BCUT2D eigenvalue weighted by Crippen LogP contribution is -2.29. The lowest BCUT2D eigenvalue weighted by molar-refractivity contribution is -0.384. The molecular formula is C29H27N5O2S2. The molecule has 2 atom stereocenters. The maximum atomic E-state index is 10.9. The van der Waals surface area contributed by atoms with E-state index in [2.05, 4.69) is 68.6 Å². The molecule has 1 aliphatic heterocycles. The van der Waals surface area contributed by atoms with Crippen LogP contribution in [-0.4, -0.2) is 19.6 Å². The van der Waals surface area contributed by atoms with Gasteiger partial charge < -0.3 is 14.8 Å². The summed E-state index contributed by atoms with van der Waals surface area (Å²) in [5.74, 6) is 0. The maximum absolute atomic E-state index is 10.9. The fourth-order valence-electron chi connectivity index (χ4n) is 5.45. The van der Waals surface area contributed by atoms with Crippen LogP contribution in [0.15, 0.2) is 101 Å². The molecular weight excluding hydrogens is 514 g/mol. The second-order valence-electron chi connectivity index (χ2n) is 9.67. The average molecular weight is 542 g/mol. The first-order valence-corrected chi connectivity index (χ1v) is 14.0. The van der Waals surface area contributed by atoms with E-state index in [1.54, 1.807) is 23.9 Å². The van der Waals surface area contributed by atoms with E-state index in [0.29, 0.717) is 11.2 Å². The number of hydrogen-bond acceptors (Lipinski definition) is 5. The van der Waals surface area contributed by atoms with E-state index in [-0.39, 0.29) is 22.7 Å². The molecule has 0 radical (unpaired) electrons. The Morgan fingerprint density at radius 1 is 0.974 bits per heavy atom. The van der Waals surface area contributed by atoms with Crippen molar-refractivity contribution >= 4 is 40.5 Å². The van der Waals surface area contributed by atoms with Gasteiger partial charge in [-0.15, -0.1) is 0 Å². The predicted molar refractivity (Wildman–Crippen MR) is 154 cm³/mol. The fraction of sp³-hybridized carbons (Fsp3) is 0.241. The van der Waals surface area contributed by atoms with Crippen molar-refractivity contribution in [3.8, 4) is 0 Å². The van der Waals surface area contributed by atoms with Crippen LogP contribution in [0.4, 0.5) is 11.4 Å². The highest BCUT2D eigenvalue weighted by atomic mass is 32.2. The Labute approximate surface area is 231 Å². The molecule has 4 aromatic rings. The molecule has 0 bridgehead atoms. The van der Waals surface area contributed by atoms with Crippen molar-refractivity contribution in [1.29, 1.82) is 0 Å². The van der Waals surface area contributed by atoms with Gasteiger partial charge >= 0.3 is 0 Å². The molecule has 0 spiro atoms. The first-order valence-electron chi connectivity index (χ1n) is 12.8. The van der Waals surface area contributed by atoms with Crippen LogP contribution in [0, 0.1) is 10.1 Å². The summed E-state index contributed by atoms with van der Waals surface area (Å²) in [5, 5.41) is 15.2. The van der Waals surface area contributed by atoms with E-state index in [4.69, 9.17) is 12.2 Å². The van der Waals surface area contributed by atoms with Crippen molar-refractivity contribution in [1.82, 2.24) is 14.9 Å². The molecule has 1 N–H and O–H groups in total. The number of non-ortho nitro benzene ring substituents is 1. The van der Waals surface area contributed by atoms with Crippen LogP contribution in [0.25, 0.3) is 0 Å². The first kappa shape index (κ1) is 24.6. The van der Waals surface area contributed by atoms with E-state index in [0.717, 1.165) is 21.2 Å². The number of nitro groups is 1. The quantitative estimate of drug-likeness (QED) is 0.150. The van der Waals surface area contributed by atoms with Gasteiger partial charge in [-0.1, -0.05) is 30.7 Å². The van der Waals surface area contributed by atoms with Gasteiger partial charge in [0, 0.05) is 52.2 Å². The summed E-state index contributed by atoms with van der Waals surface area (Å²) in [7, 11) is 0. The van der Waals surface area contributed by atoms with Crippen molar-refractivity contribution < 1.29 is 4.92 Å². The standard InChI is InChI=1S/C29H27N5O2S2/c35-34(36)23-10-14-25(15-11-23)38-24-12-8-22(9-13-24)33-28(20-16-18-32(19-20)21-5-1-2-6-21)27(31-29(33)37)26-7-3-4-17-30-26/h3-4,7-19,21,27-28H,1-2,5-6H2,(H,31,37)/t27-,28+/m0/s1. The minimum absolute atomic E-state index is 0.0340. The Kier molecular flexibility index (Phi) is 6.86. The van der Waals surface area contributed by atoms with Crippen LogP contribution in [0.1, 0.15) is 55.1 Å². The average Bonchev–Trinajstić information content (AvgIpc) is 3.70. The first-order chi connectivity index (χ1) is 18.6. The van der Waals surface area contributed by atoms with Crippen molar-refractivity contribution in [2.75, 3.05) is 4.90 Å². The third kappa shape index (κ3) is 4.91. The van der Waals surface area contributed by atoms with E-state index >= 15 is 0 Å². The summed E-state index contributed by atoms with van der Waals surface area (Å²) in [6, 6.07) is 23.6. The molecule has 2 aromatic heterocycles. The summed E-state index contributed by atoms with van der Waals surface area (Å²) in [6.07, 6.45) is 11.4. The van der Waals surface area contributed by atoms with Gasteiger partial charge in [0.2, 0.25) is 0 Å². The molecule has 9 heteroatoms. The van der Waals surface area contributed by atoms with Gasteiger partial charge in [-0.3, -0.25) is 15.1 Å². The largest absolute Gasteiger partial charge is 0.351 e. The molecule has 1 aliphatic carbocycles. The van der Waals surface area contributed by atoms with E-state index in [9.17, 15) is 10.1 Å². The van der Waals surface area contributed by atoms with Crippen molar-refractivity contribution in [3.63, 3.8) is 0 Å². The number of thiocarbonyl (C=S) groups is 1. The third-order valence-corrected chi connectivity index (χ3v) is 8.65. The predicted octanol–water partition coefficient (Wildman–Crippen LogP) is 7.23. The number of hydrogen-bond donors (Lipinski definition) is 1. The molecule has 1 saturated heterocycles. The highest BCUT2D eigenvalue weighted by Gasteiger charge is 2.41. The zero-order valence-corrected chi connectivity index (χ0v) is 22.3.